The van der Waals surface area contributed by atoms with Gasteiger partial charge in [0.25, 0.3) is 0 Å². The SMILES string of the molecule is CNc1cc(Nc2cccc3c2OCCO3)nc2c(NCC(C)(C)CO)cnn12. The molecule has 0 saturated heterocycles. The third kappa shape index (κ3) is 3.86. The zero-order chi connectivity index (χ0) is 20.4. The van der Waals surface area contributed by atoms with Crippen LogP contribution in [0.1, 0.15) is 13.8 Å². The van der Waals surface area contributed by atoms with E-state index in [0.29, 0.717) is 42.7 Å². The molecule has 1 aliphatic rings. The highest BCUT2D eigenvalue weighted by Crippen LogP contribution is 2.38. The third-order valence-corrected chi connectivity index (χ3v) is 4.74. The number of aliphatic hydroxyl groups is 1. The van der Waals surface area contributed by atoms with Crippen molar-refractivity contribution in [3.8, 4) is 11.5 Å². The summed E-state index contributed by atoms with van der Waals surface area (Å²) >= 11 is 0. The first kappa shape index (κ1) is 19.1. The second-order valence-corrected chi connectivity index (χ2v) is 7.70. The van der Waals surface area contributed by atoms with Crippen molar-refractivity contribution < 1.29 is 14.6 Å². The summed E-state index contributed by atoms with van der Waals surface area (Å²) in [5, 5.41) is 23.8. The van der Waals surface area contributed by atoms with E-state index in [4.69, 9.17) is 14.5 Å². The fraction of sp³-hybridized carbons (Fsp3) is 0.400. The molecule has 0 radical (unpaired) electrons. The van der Waals surface area contributed by atoms with E-state index in [1.807, 2.05) is 45.2 Å². The van der Waals surface area contributed by atoms with Crippen LogP contribution in [0.4, 0.5) is 23.0 Å². The molecule has 0 spiro atoms. The molecule has 0 aliphatic carbocycles. The van der Waals surface area contributed by atoms with Gasteiger partial charge in [-0.1, -0.05) is 19.9 Å². The Morgan fingerprint density at radius 3 is 2.83 bits per heavy atom. The standard InChI is InChI=1S/C20H26N6O3/c1-20(2,12-27)11-22-14-10-23-26-17(21-3)9-16(25-19(14)26)24-13-5-4-6-15-18(13)29-8-7-28-15/h4-6,9-10,21-22,27H,7-8,11-12H2,1-3H3,(H,24,25). The van der Waals surface area contributed by atoms with Crippen molar-refractivity contribution in [2.45, 2.75) is 13.8 Å². The van der Waals surface area contributed by atoms with Crippen molar-refractivity contribution in [1.82, 2.24) is 14.6 Å². The van der Waals surface area contributed by atoms with Gasteiger partial charge >= 0.3 is 0 Å². The molecule has 9 heteroatoms. The molecule has 0 unspecified atom stereocenters. The van der Waals surface area contributed by atoms with E-state index < -0.39 is 0 Å². The Kier molecular flexibility index (Phi) is 5.06. The number of hydrogen-bond donors (Lipinski definition) is 4. The average Bonchev–Trinajstić information content (AvgIpc) is 3.15. The minimum absolute atomic E-state index is 0.0857. The van der Waals surface area contributed by atoms with Crippen molar-refractivity contribution in [1.29, 1.82) is 0 Å². The van der Waals surface area contributed by atoms with E-state index >= 15 is 0 Å². The molecule has 1 aliphatic heterocycles. The van der Waals surface area contributed by atoms with Crippen LogP contribution in [0, 0.1) is 5.41 Å². The van der Waals surface area contributed by atoms with Gasteiger partial charge in [-0.2, -0.15) is 9.61 Å². The van der Waals surface area contributed by atoms with Crippen LogP contribution >= 0.6 is 0 Å². The Balaban J connectivity index is 1.68. The lowest BCUT2D eigenvalue weighted by Crippen LogP contribution is -2.26. The van der Waals surface area contributed by atoms with Gasteiger partial charge in [-0.05, 0) is 12.1 Å². The first-order valence-electron chi connectivity index (χ1n) is 9.58. The summed E-state index contributed by atoms with van der Waals surface area (Å²) in [6.45, 7) is 5.72. The first-order valence-corrected chi connectivity index (χ1v) is 9.58. The van der Waals surface area contributed by atoms with E-state index in [9.17, 15) is 5.11 Å². The summed E-state index contributed by atoms with van der Waals surface area (Å²) in [4.78, 5) is 4.74. The number of fused-ring (bicyclic) bond motifs is 2. The van der Waals surface area contributed by atoms with Crippen molar-refractivity contribution >= 4 is 28.7 Å². The number of anilines is 4. The summed E-state index contributed by atoms with van der Waals surface area (Å²) in [6.07, 6.45) is 1.74. The molecule has 154 valence electrons. The van der Waals surface area contributed by atoms with Gasteiger partial charge < -0.3 is 30.5 Å². The van der Waals surface area contributed by atoms with E-state index in [1.165, 1.54) is 0 Å². The molecular weight excluding hydrogens is 372 g/mol. The molecule has 29 heavy (non-hydrogen) atoms. The maximum atomic E-state index is 9.50. The highest BCUT2D eigenvalue weighted by atomic mass is 16.6. The molecule has 1 aromatic carbocycles. The van der Waals surface area contributed by atoms with E-state index in [0.717, 1.165) is 17.2 Å². The maximum absolute atomic E-state index is 9.50. The molecule has 9 nitrogen and oxygen atoms in total. The highest BCUT2D eigenvalue weighted by Gasteiger charge is 2.19. The quantitative estimate of drug-likeness (QED) is 0.482. The molecular formula is C20H26N6O3. The first-order chi connectivity index (χ1) is 14.0. The molecule has 0 fully saturated rings. The number of para-hydroxylation sites is 1. The molecule has 3 aromatic rings. The van der Waals surface area contributed by atoms with Gasteiger partial charge in [-0.15, -0.1) is 0 Å². The van der Waals surface area contributed by atoms with Crippen LogP contribution in [0.5, 0.6) is 11.5 Å². The van der Waals surface area contributed by atoms with Crippen LogP contribution in [-0.4, -0.2) is 53.1 Å². The number of benzene rings is 1. The number of aromatic nitrogens is 3. The topological polar surface area (TPSA) is 105 Å². The van der Waals surface area contributed by atoms with Crippen molar-refractivity contribution in [3.63, 3.8) is 0 Å². The molecule has 0 saturated carbocycles. The Morgan fingerprint density at radius 1 is 1.21 bits per heavy atom. The van der Waals surface area contributed by atoms with Gasteiger partial charge in [0, 0.05) is 31.7 Å². The summed E-state index contributed by atoms with van der Waals surface area (Å²) in [5.41, 5.74) is 2.00. The second kappa shape index (κ2) is 7.67. The number of nitrogens with one attached hydrogen (secondary N) is 3. The largest absolute Gasteiger partial charge is 0.486 e. The number of nitrogens with zero attached hydrogens (tertiary/aromatic N) is 3. The van der Waals surface area contributed by atoms with Crippen LogP contribution in [-0.2, 0) is 0 Å². The predicted octanol–water partition coefficient (Wildman–Crippen LogP) is 2.72. The summed E-state index contributed by atoms with van der Waals surface area (Å²) in [6, 6.07) is 7.61. The molecule has 2 aromatic heterocycles. The van der Waals surface area contributed by atoms with Crippen molar-refractivity contribution in [2.75, 3.05) is 49.4 Å². The van der Waals surface area contributed by atoms with Gasteiger partial charge in [0.05, 0.1) is 11.9 Å². The summed E-state index contributed by atoms with van der Waals surface area (Å²) in [7, 11) is 1.84. The van der Waals surface area contributed by atoms with Gasteiger partial charge in [0.15, 0.2) is 17.1 Å². The van der Waals surface area contributed by atoms with E-state index in [-0.39, 0.29) is 12.0 Å². The normalized spacial score (nSPS) is 13.4. The minimum atomic E-state index is -0.254. The van der Waals surface area contributed by atoms with Gasteiger partial charge in [-0.25, -0.2) is 4.98 Å². The van der Waals surface area contributed by atoms with Gasteiger partial charge in [0.2, 0.25) is 0 Å². The average molecular weight is 398 g/mol. The maximum Gasteiger partial charge on any atom is 0.184 e. The highest BCUT2D eigenvalue weighted by molar-refractivity contribution is 5.75. The second-order valence-electron chi connectivity index (χ2n) is 7.70. The Bertz CT molecular complexity index is 1020. The Labute approximate surface area is 169 Å². The number of aliphatic hydroxyl groups excluding tert-OH is 1. The molecule has 0 amide bonds. The molecule has 4 N–H and O–H groups in total. The molecule has 3 heterocycles. The summed E-state index contributed by atoms with van der Waals surface area (Å²) < 4.78 is 13.2. The molecule has 4 rings (SSSR count). The lowest BCUT2D eigenvalue weighted by molar-refractivity contribution is 0.171. The Hall–Kier alpha value is -3.20. The molecule has 0 atom stereocenters. The summed E-state index contributed by atoms with van der Waals surface area (Å²) in [5.74, 6) is 2.83. The van der Waals surface area contributed by atoms with Crippen LogP contribution in [0.3, 0.4) is 0 Å². The van der Waals surface area contributed by atoms with Crippen LogP contribution in [0.15, 0.2) is 30.5 Å². The van der Waals surface area contributed by atoms with E-state index in [1.54, 1.807) is 10.7 Å². The fourth-order valence-electron chi connectivity index (χ4n) is 3.03. The van der Waals surface area contributed by atoms with Crippen LogP contribution in [0.25, 0.3) is 5.65 Å². The lowest BCUT2D eigenvalue weighted by atomic mass is 9.95. The third-order valence-electron chi connectivity index (χ3n) is 4.74. The minimum Gasteiger partial charge on any atom is -0.486 e. The zero-order valence-electron chi connectivity index (χ0n) is 16.8. The Morgan fingerprint density at radius 2 is 2.03 bits per heavy atom. The smallest absolute Gasteiger partial charge is 0.184 e. The van der Waals surface area contributed by atoms with Gasteiger partial charge in [0.1, 0.15) is 30.5 Å². The predicted molar refractivity (Wildman–Crippen MR) is 113 cm³/mol. The number of hydrogen-bond acceptors (Lipinski definition) is 8. The fourth-order valence-corrected chi connectivity index (χ4v) is 3.03. The van der Waals surface area contributed by atoms with Gasteiger partial charge in [-0.3, -0.25) is 0 Å². The van der Waals surface area contributed by atoms with Crippen LogP contribution < -0.4 is 25.4 Å². The lowest BCUT2D eigenvalue weighted by Gasteiger charge is -2.22. The zero-order valence-corrected chi connectivity index (χ0v) is 16.8. The number of ether oxygens (including phenoxy) is 2. The number of rotatable bonds is 7. The molecule has 0 bridgehead atoms. The monoisotopic (exact) mass is 398 g/mol. The van der Waals surface area contributed by atoms with Crippen molar-refractivity contribution in [3.05, 3.63) is 30.5 Å². The van der Waals surface area contributed by atoms with Crippen molar-refractivity contribution in [2.24, 2.45) is 5.41 Å². The van der Waals surface area contributed by atoms with E-state index in [2.05, 4.69) is 21.0 Å². The van der Waals surface area contributed by atoms with Crippen LogP contribution in [0.2, 0.25) is 0 Å².